The molecule has 0 bridgehead atoms. The van der Waals surface area contributed by atoms with Gasteiger partial charge in [0.2, 0.25) is 0 Å². The largest absolute Gasteiger partial charge is 0.478 e. The summed E-state index contributed by atoms with van der Waals surface area (Å²) in [5, 5.41) is 11.5. The van der Waals surface area contributed by atoms with Crippen molar-refractivity contribution in [1.82, 2.24) is 10.2 Å². The Morgan fingerprint density at radius 1 is 1.24 bits per heavy atom. The molecule has 1 saturated heterocycles. The molecule has 2 rings (SSSR count). The summed E-state index contributed by atoms with van der Waals surface area (Å²) >= 11 is 1.48. The number of hydrogen-bond acceptors (Lipinski definition) is 3. The molecule has 0 spiro atoms. The van der Waals surface area contributed by atoms with Crippen molar-refractivity contribution in [2.75, 3.05) is 13.1 Å². The van der Waals surface area contributed by atoms with E-state index in [1.54, 1.807) is 6.08 Å². The van der Waals surface area contributed by atoms with E-state index in [1.807, 2.05) is 17.0 Å². The van der Waals surface area contributed by atoms with Crippen molar-refractivity contribution in [3.63, 3.8) is 0 Å². The predicted molar refractivity (Wildman–Crippen MR) is 83.3 cm³/mol. The molecule has 0 saturated carbocycles. The number of carbonyl (C=O) groups is 2. The number of nitrogens with one attached hydrogen (secondary N) is 1. The van der Waals surface area contributed by atoms with Crippen molar-refractivity contribution in [3.05, 3.63) is 28.0 Å². The first-order valence-electron chi connectivity index (χ1n) is 7.17. The Morgan fingerprint density at radius 2 is 1.95 bits per heavy atom. The fourth-order valence-corrected chi connectivity index (χ4v) is 3.14. The zero-order valence-electron chi connectivity index (χ0n) is 11.9. The van der Waals surface area contributed by atoms with Gasteiger partial charge in [-0.05, 0) is 31.1 Å². The third-order valence-electron chi connectivity index (χ3n) is 3.38. The van der Waals surface area contributed by atoms with Crippen LogP contribution in [0.1, 0.15) is 35.4 Å². The van der Waals surface area contributed by atoms with Crippen molar-refractivity contribution >= 4 is 29.4 Å². The molecule has 114 valence electrons. The molecule has 5 nitrogen and oxygen atoms in total. The van der Waals surface area contributed by atoms with E-state index in [9.17, 15) is 9.59 Å². The Morgan fingerprint density at radius 3 is 2.62 bits per heavy atom. The number of rotatable bonds is 4. The average Bonchev–Trinajstić information content (AvgIpc) is 2.74. The minimum absolute atomic E-state index is 0.00655. The van der Waals surface area contributed by atoms with Crippen LogP contribution >= 0.6 is 11.3 Å². The first-order chi connectivity index (χ1) is 10.1. The van der Waals surface area contributed by atoms with Crippen LogP contribution in [0.15, 0.2) is 18.2 Å². The molecule has 1 aromatic heterocycles. The van der Waals surface area contributed by atoms with Gasteiger partial charge < -0.3 is 15.3 Å². The number of thiophene rings is 1. The summed E-state index contributed by atoms with van der Waals surface area (Å²) in [6, 6.07) is 3.76. The second kappa shape index (κ2) is 7.83. The van der Waals surface area contributed by atoms with Gasteiger partial charge in [-0.3, -0.25) is 0 Å². The maximum absolute atomic E-state index is 12.1. The van der Waals surface area contributed by atoms with Crippen molar-refractivity contribution in [3.8, 4) is 0 Å². The van der Waals surface area contributed by atoms with E-state index in [-0.39, 0.29) is 6.03 Å². The van der Waals surface area contributed by atoms with Crippen LogP contribution in [0.4, 0.5) is 4.79 Å². The average molecular weight is 308 g/mol. The summed E-state index contributed by atoms with van der Waals surface area (Å²) in [5.41, 5.74) is 0. The molecule has 2 N–H and O–H groups in total. The molecule has 2 heterocycles. The van der Waals surface area contributed by atoms with E-state index >= 15 is 0 Å². The van der Waals surface area contributed by atoms with Crippen LogP contribution in [-0.2, 0) is 11.3 Å². The van der Waals surface area contributed by atoms with Gasteiger partial charge in [0.15, 0.2) is 0 Å². The van der Waals surface area contributed by atoms with Crippen LogP contribution in [0.2, 0.25) is 0 Å². The van der Waals surface area contributed by atoms with Crippen LogP contribution in [0.5, 0.6) is 0 Å². The van der Waals surface area contributed by atoms with E-state index in [0.29, 0.717) is 6.54 Å². The summed E-state index contributed by atoms with van der Waals surface area (Å²) < 4.78 is 0. The lowest BCUT2D eigenvalue weighted by atomic mass is 10.2. The van der Waals surface area contributed by atoms with Gasteiger partial charge in [0.05, 0.1) is 6.54 Å². The molecular weight excluding hydrogens is 288 g/mol. The molecule has 21 heavy (non-hydrogen) atoms. The summed E-state index contributed by atoms with van der Waals surface area (Å²) in [4.78, 5) is 26.3. The lowest BCUT2D eigenvalue weighted by molar-refractivity contribution is -0.131. The normalized spacial score (nSPS) is 15.9. The maximum Gasteiger partial charge on any atom is 0.328 e. The topological polar surface area (TPSA) is 69.6 Å². The van der Waals surface area contributed by atoms with Crippen molar-refractivity contribution in [1.29, 1.82) is 0 Å². The second-order valence-electron chi connectivity index (χ2n) is 5.04. The van der Waals surface area contributed by atoms with Gasteiger partial charge in [-0.1, -0.05) is 12.8 Å². The van der Waals surface area contributed by atoms with Gasteiger partial charge in [-0.25, -0.2) is 9.59 Å². The minimum Gasteiger partial charge on any atom is -0.478 e. The number of aliphatic carboxylic acids is 1. The number of likely N-dealkylation sites (tertiary alicyclic amines) is 1. The fourth-order valence-electron chi connectivity index (χ4n) is 2.28. The molecule has 0 aliphatic carbocycles. The molecule has 0 radical (unpaired) electrons. The highest BCUT2D eigenvalue weighted by Crippen LogP contribution is 2.18. The number of amides is 2. The molecule has 0 aromatic carbocycles. The molecule has 0 atom stereocenters. The molecule has 1 aliphatic heterocycles. The van der Waals surface area contributed by atoms with E-state index in [0.717, 1.165) is 41.8 Å². The molecule has 1 aromatic rings. The van der Waals surface area contributed by atoms with Crippen LogP contribution in [-0.4, -0.2) is 35.1 Å². The van der Waals surface area contributed by atoms with Gasteiger partial charge in [0, 0.05) is 28.9 Å². The monoisotopic (exact) mass is 308 g/mol. The van der Waals surface area contributed by atoms with Gasteiger partial charge >= 0.3 is 12.0 Å². The van der Waals surface area contributed by atoms with E-state index in [2.05, 4.69) is 5.32 Å². The summed E-state index contributed by atoms with van der Waals surface area (Å²) in [6.45, 7) is 2.16. The highest BCUT2D eigenvalue weighted by molar-refractivity contribution is 7.12. The predicted octanol–water partition coefficient (Wildman–Crippen LogP) is 2.93. The van der Waals surface area contributed by atoms with Gasteiger partial charge in [-0.15, -0.1) is 11.3 Å². The van der Waals surface area contributed by atoms with Gasteiger partial charge in [-0.2, -0.15) is 0 Å². The molecular formula is C15H20N2O3S. The van der Waals surface area contributed by atoms with E-state index in [1.165, 1.54) is 24.2 Å². The molecule has 1 aliphatic rings. The summed E-state index contributed by atoms with van der Waals surface area (Å²) in [5.74, 6) is -0.959. The number of carboxylic acid groups (broad SMARTS) is 1. The molecule has 6 heteroatoms. The van der Waals surface area contributed by atoms with E-state index < -0.39 is 5.97 Å². The lowest BCUT2D eigenvalue weighted by Gasteiger charge is -2.20. The Labute approximate surface area is 128 Å². The number of carbonyl (C=O) groups excluding carboxylic acids is 1. The third kappa shape index (κ3) is 5.23. The van der Waals surface area contributed by atoms with Crippen molar-refractivity contribution < 1.29 is 14.7 Å². The van der Waals surface area contributed by atoms with Crippen molar-refractivity contribution in [2.45, 2.75) is 32.2 Å². The fraction of sp³-hybridized carbons (Fsp3) is 0.467. The Bertz CT molecular complexity index is 517. The lowest BCUT2D eigenvalue weighted by Crippen LogP contribution is -2.39. The van der Waals surface area contributed by atoms with Gasteiger partial charge in [0.1, 0.15) is 0 Å². The molecule has 0 unspecified atom stereocenters. The Hall–Kier alpha value is -1.82. The zero-order valence-corrected chi connectivity index (χ0v) is 12.7. The maximum atomic E-state index is 12.1. The van der Waals surface area contributed by atoms with Gasteiger partial charge in [0.25, 0.3) is 0 Å². The number of urea groups is 1. The Kier molecular flexibility index (Phi) is 5.80. The molecule has 1 fully saturated rings. The van der Waals surface area contributed by atoms with Crippen LogP contribution in [0.25, 0.3) is 6.08 Å². The first kappa shape index (κ1) is 15.6. The highest BCUT2D eigenvalue weighted by atomic mass is 32.1. The zero-order chi connectivity index (χ0) is 15.1. The van der Waals surface area contributed by atoms with Crippen molar-refractivity contribution in [2.24, 2.45) is 0 Å². The highest BCUT2D eigenvalue weighted by Gasteiger charge is 2.14. The summed E-state index contributed by atoms with van der Waals surface area (Å²) in [6.07, 6.45) is 7.24. The third-order valence-corrected chi connectivity index (χ3v) is 4.43. The Balaban J connectivity index is 1.82. The van der Waals surface area contributed by atoms with Crippen LogP contribution in [0.3, 0.4) is 0 Å². The minimum atomic E-state index is -0.959. The molecule has 2 amide bonds. The number of hydrogen-bond donors (Lipinski definition) is 2. The smallest absolute Gasteiger partial charge is 0.328 e. The van der Waals surface area contributed by atoms with E-state index in [4.69, 9.17) is 5.11 Å². The summed E-state index contributed by atoms with van der Waals surface area (Å²) in [7, 11) is 0. The first-order valence-corrected chi connectivity index (χ1v) is 7.99. The van der Waals surface area contributed by atoms with Crippen LogP contribution in [0, 0.1) is 0 Å². The number of carboxylic acids is 1. The second-order valence-corrected chi connectivity index (χ2v) is 6.24. The quantitative estimate of drug-likeness (QED) is 0.840. The van der Waals surface area contributed by atoms with Crippen LogP contribution < -0.4 is 5.32 Å². The SMILES string of the molecule is O=C(O)C=Cc1ccc(CNC(=O)N2CCCCCC2)s1. The number of nitrogens with zero attached hydrogens (tertiary/aromatic N) is 1. The standard InChI is InChI=1S/C15H20N2O3S/c18-14(19)8-7-12-5-6-13(21-12)11-16-15(20)17-9-3-1-2-4-10-17/h5-8H,1-4,9-11H2,(H,16,20)(H,18,19).